The van der Waals surface area contributed by atoms with Gasteiger partial charge in [0.1, 0.15) is 5.82 Å². The third kappa shape index (κ3) is 2.83. The molecular weight excluding hydrogens is 228 g/mol. The molecule has 0 radical (unpaired) electrons. The predicted molar refractivity (Wildman–Crippen MR) is 59.3 cm³/mol. The average Bonchev–Trinajstić information content (AvgIpc) is 2.49. The second-order valence-electron chi connectivity index (χ2n) is 3.49. The molecule has 1 aromatic heterocycles. The van der Waals surface area contributed by atoms with E-state index >= 15 is 0 Å². The molecule has 0 aromatic carbocycles. The Bertz CT molecular complexity index is 255. The van der Waals surface area contributed by atoms with Crippen LogP contribution in [-0.4, -0.2) is 14.4 Å². The van der Waals surface area contributed by atoms with Crippen LogP contribution < -0.4 is 0 Å². The van der Waals surface area contributed by atoms with E-state index < -0.39 is 0 Å². The summed E-state index contributed by atoms with van der Waals surface area (Å²) in [6.45, 7) is 7.56. The summed E-state index contributed by atoms with van der Waals surface area (Å²) in [4.78, 5) is 4.94. The number of hydrogen-bond donors (Lipinski definition) is 0. The van der Waals surface area contributed by atoms with Crippen LogP contribution in [-0.2, 0) is 6.54 Å². The Labute approximate surface area is 88.5 Å². The third-order valence-corrected chi connectivity index (χ3v) is 2.58. The smallest absolute Gasteiger partial charge is 0.111 e. The highest BCUT2D eigenvalue weighted by atomic mass is 79.9. The van der Waals surface area contributed by atoms with Crippen LogP contribution >= 0.6 is 15.9 Å². The van der Waals surface area contributed by atoms with Crippen LogP contribution in [0.3, 0.4) is 0 Å². The zero-order valence-electron chi connectivity index (χ0n) is 8.50. The van der Waals surface area contributed by atoms with Crippen LogP contribution in [0.4, 0.5) is 0 Å². The minimum Gasteiger partial charge on any atom is -0.335 e. The highest BCUT2D eigenvalue weighted by Crippen LogP contribution is 2.21. The topological polar surface area (TPSA) is 17.8 Å². The van der Waals surface area contributed by atoms with Crippen LogP contribution in [0.1, 0.15) is 38.9 Å². The number of hydrogen-bond acceptors (Lipinski definition) is 1. The predicted octanol–water partition coefficient (Wildman–Crippen LogP) is 3.18. The number of rotatable bonds is 4. The van der Waals surface area contributed by atoms with E-state index in [-0.39, 0.29) is 0 Å². The van der Waals surface area contributed by atoms with Crippen molar-refractivity contribution >= 4 is 15.9 Å². The van der Waals surface area contributed by atoms with Gasteiger partial charge in [-0.1, -0.05) is 29.8 Å². The maximum atomic E-state index is 4.38. The van der Waals surface area contributed by atoms with Crippen LogP contribution in [0, 0.1) is 0 Å². The van der Waals surface area contributed by atoms with Gasteiger partial charge in [-0.3, -0.25) is 0 Å². The maximum Gasteiger partial charge on any atom is 0.111 e. The largest absolute Gasteiger partial charge is 0.335 e. The van der Waals surface area contributed by atoms with Crippen molar-refractivity contribution in [1.29, 1.82) is 0 Å². The van der Waals surface area contributed by atoms with Crippen LogP contribution in [0.5, 0.6) is 0 Å². The fourth-order valence-electron chi connectivity index (χ4n) is 1.61. The molecule has 0 amide bonds. The molecule has 74 valence electrons. The lowest BCUT2D eigenvalue weighted by atomic mass is 10.1. The molecule has 0 spiro atoms. The van der Waals surface area contributed by atoms with E-state index in [0.29, 0.717) is 10.7 Å². The molecule has 0 saturated heterocycles. The van der Waals surface area contributed by atoms with E-state index in [1.54, 1.807) is 0 Å². The lowest BCUT2D eigenvalue weighted by Crippen LogP contribution is -2.08. The molecule has 0 fully saturated rings. The van der Waals surface area contributed by atoms with Gasteiger partial charge >= 0.3 is 0 Å². The van der Waals surface area contributed by atoms with E-state index in [9.17, 15) is 0 Å². The Morgan fingerprint density at radius 2 is 2.23 bits per heavy atom. The van der Waals surface area contributed by atoms with Crippen molar-refractivity contribution in [3.63, 3.8) is 0 Å². The normalized spacial score (nSPS) is 15.7. The molecule has 0 saturated carbocycles. The van der Waals surface area contributed by atoms with Gasteiger partial charge in [-0.05, 0) is 13.3 Å². The van der Waals surface area contributed by atoms with Gasteiger partial charge in [-0.2, -0.15) is 0 Å². The molecular formula is C10H17BrN2. The Balaban J connectivity index is 2.69. The molecule has 2 unspecified atom stereocenters. The van der Waals surface area contributed by atoms with E-state index in [2.05, 4.69) is 46.3 Å². The monoisotopic (exact) mass is 244 g/mol. The fraction of sp³-hybridized carbons (Fsp3) is 0.700. The van der Waals surface area contributed by atoms with Crippen molar-refractivity contribution in [2.45, 2.75) is 44.5 Å². The number of halogens is 1. The van der Waals surface area contributed by atoms with Crippen molar-refractivity contribution in [2.24, 2.45) is 0 Å². The van der Waals surface area contributed by atoms with Gasteiger partial charge in [0.05, 0.1) is 0 Å². The quantitative estimate of drug-likeness (QED) is 0.745. The van der Waals surface area contributed by atoms with Crippen LogP contribution in [0.15, 0.2) is 12.4 Å². The number of nitrogens with zero attached hydrogens (tertiary/aromatic N) is 2. The Kier molecular flexibility index (Phi) is 3.97. The SMILES string of the molecule is CCn1ccnc1C(C)CC(C)Br. The standard InChI is InChI=1S/C10H17BrN2/c1-4-13-6-5-12-10(13)8(2)7-9(3)11/h5-6,8-9H,4,7H2,1-3H3. The number of alkyl halides is 1. The van der Waals surface area contributed by atoms with Gasteiger partial charge in [0, 0.05) is 29.7 Å². The first-order valence-corrected chi connectivity index (χ1v) is 5.71. The van der Waals surface area contributed by atoms with Crippen molar-refractivity contribution in [1.82, 2.24) is 9.55 Å². The molecule has 1 heterocycles. The molecule has 13 heavy (non-hydrogen) atoms. The molecule has 0 N–H and O–H groups in total. The summed E-state index contributed by atoms with van der Waals surface area (Å²) in [5.74, 6) is 1.73. The number of imidazole rings is 1. The molecule has 1 aromatic rings. The van der Waals surface area contributed by atoms with Gasteiger partial charge in [0.2, 0.25) is 0 Å². The molecule has 0 aliphatic rings. The summed E-state index contributed by atoms with van der Waals surface area (Å²) in [6, 6.07) is 0. The average molecular weight is 245 g/mol. The van der Waals surface area contributed by atoms with Crippen molar-refractivity contribution in [3.05, 3.63) is 18.2 Å². The van der Waals surface area contributed by atoms with Crippen molar-refractivity contribution in [3.8, 4) is 0 Å². The van der Waals surface area contributed by atoms with E-state index in [1.165, 1.54) is 5.82 Å². The van der Waals surface area contributed by atoms with Gasteiger partial charge in [-0.15, -0.1) is 0 Å². The van der Waals surface area contributed by atoms with E-state index in [0.717, 1.165) is 13.0 Å². The second-order valence-corrected chi connectivity index (χ2v) is 5.05. The van der Waals surface area contributed by atoms with E-state index in [1.807, 2.05) is 12.4 Å². The molecule has 0 aliphatic heterocycles. The summed E-state index contributed by atoms with van der Waals surface area (Å²) >= 11 is 3.57. The third-order valence-electron chi connectivity index (χ3n) is 2.21. The van der Waals surface area contributed by atoms with Crippen LogP contribution in [0.25, 0.3) is 0 Å². The van der Waals surface area contributed by atoms with Gasteiger partial charge < -0.3 is 4.57 Å². The summed E-state index contributed by atoms with van der Waals surface area (Å²) < 4.78 is 2.21. The first-order chi connectivity index (χ1) is 6.15. The number of aryl methyl sites for hydroxylation is 1. The molecule has 3 heteroatoms. The summed E-state index contributed by atoms with van der Waals surface area (Å²) in [7, 11) is 0. The first kappa shape index (κ1) is 10.8. The van der Waals surface area contributed by atoms with E-state index in [4.69, 9.17) is 0 Å². The Hall–Kier alpha value is -0.310. The minimum atomic E-state index is 0.532. The highest BCUT2D eigenvalue weighted by Gasteiger charge is 2.12. The van der Waals surface area contributed by atoms with Gasteiger partial charge in [0.15, 0.2) is 0 Å². The summed E-state index contributed by atoms with van der Waals surface area (Å²) in [6.07, 6.45) is 5.07. The number of aromatic nitrogens is 2. The molecule has 0 bridgehead atoms. The lowest BCUT2D eigenvalue weighted by molar-refractivity contribution is 0.587. The maximum absolute atomic E-state index is 4.38. The zero-order chi connectivity index (χ0) is 9.84. The minimum absolute atomic E-state index is 0.532. The van der Waals surface area contributed by atoms with Gasteiger partial charge in [0.25, 0.3) is 0 Å². The Morgan fingerprint density at radius 3 is 2.77 bits per heavy atom. The Morgan fingerprint density at radius 1 is 1.54 bits per heavy atom. The summed E-state index contributed by atoms with van der Waals surface area (Å²) in [5, 5.41) is 0. The molecule has 2 atom stereocenters. The van der Waals surface area contributed by atoms with Crippen molar-refractivity contribution in [2.75, 3.05) is 0 Å². The van der Waals surface area contributed by atoms with Crippen molar-refractivity contribution < 1.29 is 0 Å². The second kappa shape index (κ2) is 4.80. The molecule has 0 aliphatic carbocycles. The summed E-state index contributed by atoms with van der Waals surface area (Å²) in [5.41, 5.74) is 0. The molecule has 2 nitrogen and oxygen atoms in total. The first-order valence-electron chi connectivity index (χ1n) is 4.80. The lowest BCUT2D eigenvalue weighted by Gasteiger charge is -2.13. The van der Waals surface area contributed by atoms with Crippen LogP contribution in [0.2, 0.25) is 0 Å². The molecule has 1 rings (SSSR count). The zero-order valence-corrected chi connectivity index (χ0v) is 10.1. The van der Waals surface area contributed by atoms with Gasteiger partial charge in [-0.25, -0.2) is 4.98 Å². The fourth-order valence-corrected chi connectivity index (χ4v) is 2.17. The highest BCUT2D eigenvalue weighted by molar-refractivity contribution is 9.09.